The molecule has 4 aromatic rings. The number of nitrogens with zero attached hydrogens (tertiary/aromatic N) is 2. The van der Waals surface area contributed by atoms with E-state index in [1.165, 1.54) is 53.4 Å². The molecular weight excluding hydrogens is 596 g/mol. The van der Waals surface area contributed by atoms with Crippen molar-refractivity contribution >= 4 is 27.5 Å². The highest BCUT2D eigenvalue weighted by Crippen LogP contribution is 2.26. The number of anilines is 1. The summed E-state index contributed by atoms with van der Waals surface area (Å²) in [4.78, 5) is 29.4. The maximum atomic E-state index is 14.4. The van der Waals surface area contributed by atoms with E-state index in [0.29, 0.717) is 12.1 Å². The van der Waals surface area contributed by atoms with Gasteiger partial charge in [-0.25, -0.2) is 17.2 Å². The van der Waals surface area contributed by atoms with Crippen LogP contribution in [0.15, 0.2) is 108 Å². The van der Waals surface area contributed by atoms with Gasteiger partial charge in [0.1, 0.15) is 24.2 Å². The average molecular weight is 634 g/mol. The zero-order valence-corrected chi connectivity index (χ0v) is 26.3. The van der Waals surface area contributed by atoms with Gasteiger partial charge in [0.25, 0.3) is 10.0 Å². The van der Waals surface area contributed by atoms with E-state index in [1.807, 2.05) is 51.1 Å². The molecule has 4 rings (SSSR count). The van der Waals surface area contributed by atoms with Crippen molar-refractivity contribution in [3.8, 4) is 0 Å². The molecule has 0 unspecified atom stereocenters. The number of amides is 2. The van der Waals surface area contributed by atoms with Gasteiger partial charge < -0.3 is 10.2 Å². The van der Waals surface area contributed by atoms with Gasteiger partial charge in [0.15, 0.2) is 0 Å². The minimum absolute atomic E-state index is 0.0502. The molecule has 0 saturated carbocycles. The number of sulfonamides is 1. The van der Waals surface area contributed by atoms with Crippen LogP contribution in [0.1, 0.15) is 30.5 Å². The van der Waals surface area contributed by atoms with Crippen LogP contribution in [-0.2, 0) is 32.6 Å². The first-order valence-corrected chi connectivity index (χ1v) is 16.1. The molecule has 0 spiro atoms. The molecule has 0 fully saturated rings. The van der Waals surface area contributed by atoms with Crippen LogP contribution in [-0.4, -0.2) is 44.3 Å². The molecular formula is C35H37F2N3O4S. The molecule has 7 nitrogen and oxygen atoms in total. The molecule has 0 aliphatic carbocycles. The van der Waals surface area contributed by atoms with Gasteiger partial charge in [-0.2, -0.15) is 0 Å². The van der Waals surface area contributed by atoms with Crippen LogP contribution in [0.25, 0.3) is 0 Å². The molecule has 0 aliphatic rings. The van der Waals surface area contributed by atoms with E-state index < -0.39 is 46.1 Å². The summed E-state index contributed by atoms with van der Waals surface area (Å²) in [5.41, 5.74) is 2.27. The quantitative estimate of drug-likeness (QED) is 0.199. The largest absolute Gasteiger partial charge is 0.354 e. The number of benzene rings is 4. The zero-order chi connectivity index (χ0) is 32.6. The van der Waals surface area contributed by atoms with E-state index in [-0.39, 0.29) is 29.5 Å². The maximum absolute atomic E-state index is 14.4. The van der Waals surface area contributed by atoms with Crippen LogP contribution >= 0.6 is 0 Å². The van der Waals surface area contributed by atoms with Crippen molar-refractivity contribution in [1.29, 1.82) is 0 Å². The Labute approximate surface area is 263 Å². The van der Waals surface area contributed by atoms with Crippen molar-refractivity contribution in [2.75, 3.05) is 17.4 Å². The Morgan fingerprint density at radius 2 is 1.36 bits per heavy atom. The highest BCUT2D eigenvalue weighted by atomic mass is 32.2. The predicted octanol–water partition coefficient (Wildman–Crippen LogP) is 5.88. The summed E-state index contributed by atoms with van der Waals surface area (Å²) in [6.07, 6.45) is 0.152. The number of aryl methyl sites for hydroxylation is 1. The number of carbonyl (C=O) groups is 2. The summed E-state index contributed by atoms with van der Waals surface area (Å²) >= 11 is 0. The van der Waals surface area contributed by atoms with E-state index in [9.17, 15) is 26.8 Å². The number of halogens is 2. The standard InChI is InChI=1S/C35H37F2N3O4S/c1-25(2)22-38-35(42)33(21-27-7-5-4-6-8-27)39(23-28-11-13-29(36)14-12-28)34(41)24-40(31-17-15-30(37)16-18-31)45(43,44)32-19-9-26(3)10-20-32/h4-20,25,33H,21-24H2,1-3H3,(H,38,42)/t33-/m0/s1. The molecule has 0 radical (unpaired) electrons. The van der Waals surface area contributed by atoms with Gasteiger partial charge in [-0.3, -0.25) is 13.9 Å². The lowest BCUT2D eigenvalue weighted by Gasteiger charge is -2.34. The fourth-order valence-electron chi connectivity index (χ4n) is 4.74. The second kappa shape index (κ2) is 14.9. The zero-order valence-electron chi connectivity index (χ0n) is 25.5. The van der Waals surface area contributed by atoms with E-state index in [1.54, 1.807) is 12.1 Å². The Morgan fingerprint density at radius 3 is 1.93 bits per heavy atom. The van der Waals surface area contributed by atoms with Crippen LogP contribution in [0.2, 0.25) is 0 Å². The maximum Gasteiger partial charge on any atom is 0.264 e. The summed E-state index contributed by atoms with van der Waals surface area (Å²) in [7, 11) is -4.30. The first-order valence-electron chi connectivity index (χ1n) is 14.6. The Bertz CT molecular complexity index is 1680. The van der Waals surface area contributed by atoms with E-state index in [2.05, 4.69) is 5.32 Å². The minimum atomic E-state index is -4.30. The van der Waals surface area contributed by atoms with Crippen molar-refractivity contribution in [2.45, 2.75) is 44.7 Å². The van der Waals surface area contributed by atoms with E-state index >= 15 is 0 Å². The van der Waals surface area contributed by atoms with Crippen molar-refractivity contribution in [3.05, 3.63) is 131 Å². The molecule has 2 amide bonds. The Morgan fingerprint density at radius 1 is 0.778 bits per heavy atom. The van der Waals surface area contributed by atoms with E-state index in [0.717, 1.165) is 27.6 Å². The third kappa shape index (κ3) is 8.98. The first kappa shape index (κ1) is 33.3. The van der Waals surface area contributed by atoms with Gasteiger partial charge in [-0.05, 0) is 72.5 Å². The van der Waals surface area contributed by atoms with Crippen molar-refractivity contribution in [1.82, 2.24) is 10.2 Å². The number of hydrogen-bond donors (Lipinski definition) is 1. The lowest BCUT2D eigenvalue weighted by Crippen LogP contribution is -2.53. The summed E-state index contributed by atoms with van der Waals surface area (Å²) < 4.78 is 56.6. The Kier molecular flexibility index (Phi) is 11.1. The monoisotopic (exact) mass is 633 g/mol. The second-order valence-electron chi connectivity index (χ2n) is 11.3. The number of hydrogen-bond acceptors (Lipinski definition) is 4. The lowest BCUT2D eigenvalue weighted by atomic mass is 10.0. The van der Waals surface area contributed by atoms with Crippen molar-refractivity contribution in [3.63, 3.8) is 0 Å². The molecule has 0 saturated heterocycles. The van der Waals surface area contributed by atoms with Crippen LogP contribution in [0.5, 0.6) is 0 Å². The fraction of sp³-hybridized carbons (Fsp3) is 0.257. The topological polar surface area (TPSA) is 86.8 Å². The minimum Gasteiger partial charge on any atom is -0.354 e. The molecule has 1 N–H and O–H groups in total. The van der Waals surface area contributed by atoms with E-state index in [4.69, 9.17) is 0 Å². The molecule has 236 valence electrons. The van der Waals surface area contributed by atoms with Crippen LogP contribution in [0.4, 0.5) is 14.5 Å². The highest BCUT2D eigenvalue weighted by Gasteiger charge is 2.34. The summed E-state index contributed by atoms with van der Waals surface area (Å²) in [5.74, 6) is -1.96. The molecule has 4 aromatic carbocycles. The van der Waals surface area contributed by atoms with Gasteiger partial charge in [-0.15, -0.1) is 0 Å². The van der Waals surface area contributed by atoms with Gasteiger partial charge >= 0.3 is 0 Å². The summed E-state index contributed by atoms with van der Waals surface area (Å²) in [6, 6.07) is 24.7. The van der Waals surface area contributed by atoms with Gasteiger partial charge in [0.2, 0.25) is 11.8 Å². The number of nitrogens with one attached hydrogen (secondary N) is 1. The number of rotatable bonds is 13. The SMILES string of the molecule is Cc1ccc(S(=O)(=O)N(CC(=O)N(Cc2ccc(F)cc2)[C@@H](Cc2ccccc2)C(=O)NCC(C)C)c2ccc(F)cc2)cc1. The molecule has 0 heterocycles. The summed E-state index contributed by atoms with van der Waals surface area (Å²) in [6.45, 7) is 5.32. The molecule has 0 aliphatic heterocycles. The molecule has 10 heteroatoms. The molecule has 45 heavy (non-hydrogen) atoms. The van der Waals surface area contributed by atoms with Gasteiger partial charge in [0.05, 0.1) is 10.6 Å². The first-order chi connectivity index (χ1) is 21.4. The predicted molar refractivity (Wildman–Crippen MR) is 171 cm³/mol. The number of carbonyl (C=O) groups excluding carboxylic acids is 2. The van der Waals surface area contributed by atoms with Crippen molar-refractivity contribution in [2.24, 2.45) is 5.92 Å². The third-order valence-corrected chi connectivity index (χ3v) is 9.01. The lowest BCUT2D eigenvalue weighted by molar-refractivity contribution is -0.140. The highest BCUT2D eigenvalue weighted by molar-refractivity contribution is 7.92. The van der Waals surface area contributed by atoms with Crippen molar-refractivity contribution < 1.29 is 26.8 Å². The molecule has 1 atom stereocenters. The second-order valence-corrected chi connectivity index (χ2v) is 13.2. The smallest absolute Gasteiger partial charge is 0.264 e. The molecule has 0 aromatic heterocycles. The fourth-order valence-corrected chi connectivity index (χ4v) is 6.15. The van der Waals surface area contributed by atoms with Crippen LogP contribution < -0.4 is 9.62 Å². The Hall–Kier alpha value is -4.57. The molecule has 0 bridgehead atoms. The average Bonchev–Trinajstić information content (AvgIpc) is 3.02. The van der Waals surface area contributed by atoms with Gasteiger partial charge in [-0.1, -0.05) is 74.0 Å². The normalized spacial score (nSPS) is 12.0. The Balaban J connectivity index is 1.79. The van der Waals surface area contributed by atoms with Crippen LogP contribution in [0.3, 0.4) is 0 Å². The van der Waals surface area contributed by atoms with Crippen LogP contribution in [0, 0.1) is 24.5 Å². The summed E-state index contributed by atoms with van der Waals surface area (Å²) in [5, 5.41) is 2.92. The third-order valence-electron chi connectivity index (χ3n) is 7.22. The van der Waals surface area contributed by atoms with Gasteiger partial charge in [0, 0.05) is 19.5 Å².